The molecule has 1 atom stereocenters. The first-order chi connectivity index (χ1) is 5.24. The van der Waals surface area contributed by atoms with Crippen LogP contribution in [0.25, 0.3) is 0 Å². The Morgan fingerprint density at radius 3 is 2.00 bits per heavy atom. The number of hydrogen-bond donors (Lipinski definition) is 0. The first-order valence-electron chi connectivity index (χ1n) is 3.66. The van der Waals surface area contributed by atoms with Crippen LogP contribution in [0.15, 0.2) is 0 Å². The molecule has 7 heteroatoms. The van der Waals surface area contributed by atoms with Crippen molar-refractivity contribution in [1.29, 1.82) is 0 Å². The molecule has 1 amide bonds. The summed E-state index contributed by atoms with van der Waals surface area (Å²) in [5.41, 5.74) is 0. The topological polar surface area (TPSA) is 20.3 Å². The maximum absolute atomic E-state index is 11.8. The second kappa shape index (κ2) is 6.45. The predicted molar refractivity (Wildman–Crippen MR) is 41.7 cm³/mol. The first kappa shape index (κ1) is 16.4. The van der Waals surface area contributed by atoms with E-state index in [1.54, 1.807) is 0 Å². The van der Waals surface area contributed by atoms with Gasteiger partial charge in [-0.15, -0.1) is 0 Å². The third-order valence-electron chi connectivity index (χ3n) is 1.48. The standard InChI is InChI=1S/C6H12BF3NO.K/c1-5(4-7(8,9)10)6(12)11(2)3;/h5H,4H2,1-3H3;/q-1;+1. The van der Waals surface area contributed by atoms with Crippen LogP contribution in [0.5, 0.6) is 0 Å². The summed E-state index contributed by atoms with van der Waals surface area (Å²) in [5, 5.41) is 0. The zero-order valence-electron chi connectivity index (χ0n) is 8.35. The fourth-order valence-corrected chi connectivity index (χ4v) is 0.942. The Kier molecular flexibility index (Phi) is 8.13. The van der Waals surface area contributed by atoms with Crippen LogP contribution < -0.4 is 51.4 Å². The summed E-state index contributed by atoms with van der Waals surface area (Å²) >= 11 is 0. The van der Waals surface area contributed by atoms with Crippen molar-refractivity contribution in [2.75, 3.05) is 14.1 Å². The summed E-state index contributed by atoms with van der Waals surface area (Å²) in [5.74, 6) is -1.44. The second-order valence-corrected chi connectivity index (χ2v) is 3.08. The average Bonchev–Trinajstić information content (AvgIpc) is 1.82. The van der Waals surface area contributed by atoms with Gasteiger partial charge in [-0.1, -0.05) is 13.2 Å². The summed E-state index contributed by atoms with van der Waals surface area (Å²) in [4.78, 5) is 12.1. The maximum atomic E-state index is 11.8. The average molecular weight is 221 g/mol. The molecule has 0 aliphatic rings. The van der Waals surface area contributed by atoms with Crippen LogP contribution in [0.1, 0.15) is 6.92 Å². The van der Waals surface area contributed by atoms with Gasteiger partial charge in [-0.2, -0.15) is 0 Å². The molecule has 0 fully saturated rings. The molecule has 0 heterocycles. The third-order valence-corrected chi connectivity index (χ3v) is 1.48. The van der Waals surface area contributed by atoms with Gasteiger partial charge >= 0.3 is 58.4 Å². The number of amides is 1. The van der Waals surface area contributed by atoms with Crippen molar-refractivity contribution >= 4 is 12.9 Å². The molecule has 0 bridgehead atoms. The third kappa shape index (κ3) is 7.99. The largest absolute Gasteiger partial charge is 1.00 e. The van der Waals surface area contributed by atoms with Crippen LogP contribution in [0, 0.1) is 5.92 Å². The number of carbonyl (C=O) groups excluding carboxylic acids is 1. The van der Waals surface area contributed by atoms with Gasteiger partial charge in [0.2, 0.25) is 5.91 Å². The summed E-state index contributed by atoms with van der Waals surface area (Å²) in [6, 6.07) is 0. The quantitative estimate of drug-likeness (QED) is 0.534. The molecule has 0 saturated heterocycles. The fraction of sp³-hybridized carbons (Fsp3) is 0.833. The molecule has 0 radical (unpaired) electrons. The molecular weight excluding hydrogens is 209 g/mol. The summed E-state index contributed by atoms with van der Waals surface area (Å²) in [7, 11) is 2.89. The maximum Gasteiger partial charge on any atom is 1.00 e. The minimum absolute atomic E-state index is 0. The van der Waals surface area contributed by atoms with Crippen molar-refractivity contribution < 1.29 is 69.1 Å². The summed E-state index contributed by atoms with van der Waals surface area (Å²) in [6.45, 7) is -3.56. The fourth-order valence-electron chi connectivity index (χ4n) is 0.942. The zero-order valence-corrected chi connectivity index (χ0v) is 11.5. The molecule has 1 unspecified atom stereocenters. The van der Waals surface area contributed by atoms with Gasteiger partial charge in [-0.3, -0.25) is 4.79 Å². The second-order valence-electron chi connectivity index (χ2n) is 3.08. The Labute approximate surface area is 119 Å². The van der Waals surface area contributed by atoms with E-state index in [9.17, 15) is 17.7 Å². The van der Waals surface area contributed by atoms with Gasteiger partial charge < -0.3 is 17.8 Å². The monoisotopic (exact) mass is 221 g/mol. The minimum Gasteiger partial charge on any atom is -0.449 e. The van der Waals surface area contributed by atoms with E-state index >= 15 is 0 Å². The Balaban J connectivity index is 0. The van der Waals surface area contributed by atoms with Crippen molar-refractivity contribution in [2.45, 2.75) is 13.2 Å². The number of hydrogen-bond acceptors (Lipinski definition) is 1. The SMILES string of the molecule is CC(C[B-](F)(F)F)C(=O)N(C)C.[K+]. The van der Waals surface area contributed by atoms with Crippen LogP contribution >= 0.6 is 0 Å². The van der Waals surface area contributed by atoms with E-state index in [1.165, 1.54) is 25.9 Å². The molecule has 0 aromatic rings. The molecule has 0 N–H and O–H groups in total. The predicted octanol–water partition coefficient (Wildman–Crippen LogP) is -1.44. The Hall–Kier alpha value is 0.961. The van der Waals surface area contributed by atoms with Crippen LogP contribution in [-0.4, -0.2) is 31.9 Å². The van der Waals surface area contributed by atoms with Crippen molar-refractivity contribution in [1.82, 2.24) is 4.90 Å². The Bertz CT molecular complexity index is 174. The van der Waals surface area contributed by atoms with E-state index in [0.29, 0.717) is 0 Å². The minimum atomic E-state index is -4.85. The molecule has 0 rings (SSSR count). The van der Waals surface area contributed by atoms with Gasteiger partial charge in [0.15, 0.2) is 0 Å². The van der Waals surface area contributed by atoms with Gasteiger partial charge in [0.1, 0.15) is 0 Å². The van der Waals surface area contributed by atoms with Gasteiger partial charge in [0.05, 0.1) is 0 Å². The van der Waals surface area contributed by atoms with Crippen LogP contribution in [0.4, 0.5) is 12.9 Å². The van der Waals surface area contributed by atoms with Crippen LogP contribution in [0.3, 0.4) is 0 Å². The van der Waals surface area contributed by atoms with Gasteiger partial charge in [0.25, 0.3) is 0 Å². The van der Waals surface area contributed by atoms with Gasteiger partial charge in [-0.05, 0) is 0 Å². The molecule has 13 heavy (non-hydrogen) atoms. The van der Waals surface area contributed by atoms with E-state index in [2.05, 4.69) is 0 Å². The van der Waals surface area contributed by atoms with Crippen molar-refractivity contribution in [3.8, 4) is 0 Å². The summed E-state index contributed by atoms with van der Waals surface area (Å²) < 4.78 is 35.5. The van der Waals surface area contributed by atoms with E-state index in [-0.39, 0.29) is 51.4 Å². The van der Waals surface area contributed by atoms with Crippen molar-refractivity contribution in [2.24, 2.45) is 5.92 Å². The smallest absolute Gasteiger partial charge is 0.449 e. The van der Waals surface area contributed by atoms with Crippen LogP contribution in [-0.2, 0) is 4.79 Å². The van der Waals surface area contributed by atoms with E-state index in [1.807, 2.05) is 0 Å². The van der Waals surface area contributed by atoms with E-state index in [0.717, 1.165) is 0 Å². The Morgan fingerprint density at radius 2 is 1.77 bits per heavy atom. The number of rotatable bonds is 3. The molecule has 72 valence electrons. The van der Waals surface area contributed by atoms with Crippen LogP contribution in [0.2, 0.25) is 6.32 Å². The molecule has 0 saturated carbocycles. The number of halogens is 3. The first-order valence-corrected chi connectivity index (χ1v) is 3.66. The Morgan fingerprint density at radius 1 is 1.38 bits per heavy atom. The molecule has 0 aromatic heterocycles. The van der Waals surface area contributed by atoms with Gasteiger partial charge in [-0.25, -0.2) is 0 Å². The van der Waals surface area contributed by atoms with Crippen molar-refractivity contribution in [3.63, 3.8) is 0 Å². The van der Waals surface area contributed by atoms with E-state index < -0.39 is 25.1 Å². The number of carbonyl (C=O) groups is 1. The normalized spacial score (nSPS) is 13.1. The zero-order chi connectivity index (χ0) is 9.94. The molecule has 0 aromatic carbocycles. The molecule has 0 aliphatic heterocycles. The van der Waals surface area contributed by atoms with Crippen molar-refractivity contribution in [3.05, 3.63) is 0 Å². The van der Waals surface area contributed by atoms with E-state index in [4.69, 9.17) is 0 Å². The number of nitrogens with zero attached hydrogens (tertiary/aromatic N) is 1. The molecule has 0 spiro atoms. The molecule has 2 nitrogen and oxygen atoms in total. The summed E-state index contributed by atoms with van der Waals surface area (Å²) in [6.07, 6.45) is -0.989. The molecule has 0 aliphatic carbocycles. The van der Waals surface area contributed by atoms with Gasteiger partial charge in [0, 0.05) is 20.0 Å². The molecular formula is C6H12BF3KNO.